The Morgan fingerprint density at radius 3 is 2.94 bits per heavy atom. The lowest BCUT2D eigenvalue weighted by atomic mass is 10.1. The summed E-state index contributed by atoms with van der Waals surface area (Å²) in [5.41, 5.74) is 0. The molecular weight excluding hydrogens is 216 g/mol. The van der Waals surface area contributed by atoms with Crippen molar-refractivity contribution < 1.29 is 9.53 Å². The lowest BCUT2D eigenvalue weighted by molar-refractivity contribution is -0.135. The van der Waals surface area contributed by atoms with Crippen LogP contribution in [0.2, 0.25) is 0 Å². The fourth-order valence-corrected chi connectivity index (χ4v) is 2.16. The van der Waals surface area contributed by atoms with Crippen molar-refractivity contribution in [2.75, 3.05) is 26.2 Å². The first-order valence-corrected chi connectivity index (χ1v) is 6.76. The molecule has 1 amide bonds. The highest BCUT2D eigenvalue weighted by Gasteiger charge is 2.23. The van der Waals surface area contributed by atoms with Crippen molar-refractivity contribution in [2.45, 2.75) is 52.2 Å². The van der Waals surface area contributed by atoms with Crippen molar-refractivity contribution in [3.8, 4) is 0 Å². The first kappa shape index (κ1) is 14.5. The van der Waals surface area contributed by atoms with E-state index in [0.29, 0.717) is 12.5 Å². The summed E-state index contributed by atoms with van der Waals surface area (Å²) in [5.74, 6) is 0.252. The molecule has 0 saturated carbocycles. The lowest BCUT2D eigenvalue weighted by Crippen LogP contribution is -2.44. The molecule has 0 radical (unpaired) electrons. The van der Waals surface area contributed by atoms with E-state index in [2.05, 4.69) is 19.2 Å². The van der Waals surface area contributed by atoms with Crippen LogP contribution < -0.4 is 5.32 Å². The van der Waals surface area contributed by atoms with Gasteiger partial charge in [-0.15, -0.1) is 0 Å². The SMILES string of the molecule is CCOC1CCCN(C(=O)CCNC(C)C)C1. The minimum Gasteiger partial charge on any atom is -0.377 e. The molecule has 1 rings (SSSR count). The Kier molecular flexibility index (Phi) is 6.52. The van der Waals surface area contributed by atoms with Crippen LogP contribution in [0.3, 0.4) is 0 Å². The van der Waals surface area contributed by atoms with Gasteiger partial charge in [0.2, 0.25) is 5.91 Å². The largest absolute Gasteiger partial charge is 0.377 e. The third-order valence-electron chi connectivity index (χ3n) is 3.02. The van der Waals surface area contributed by atoms with Gasteiger partial charge in [-0.3, -0.25) is 4.79 Å². The topological polar surface area (TPSA) is 41.6 Å². The van der Waals surface area contributed by atoms with Crippen molar-refractivity contribution in [3.05, 3.63) is 0 Å². The van der Waals surface area contributed by atoms with Gasteiger partial charge in [0.1, 0.15) is 0 Å². The number of carbonyl (C=O) groups excluding carboxylic acids is 1. The molecule has 0 aromatic rings. The van der Waals surface area contributed by atoms with Crippen LogP contribution in [0, 0.1) is 0 Å². The van der Waals surface area contributed by atoms with E-state index in [-0.39, 0.29) is 12.0 Å². The van der Waals surface area contributed by atoms with E-state index < -0.39 is 0 Å². The zero-order chi connectivity index (χ0) is 12.7. The van der Waals surface area contributed by atoms with Crippen molar-refractivity contribution in [1.82, 2.24) is 10.2 Å². The molecule has 1 fully saturated rings. The van der Waals surface area contributed by atoms with E-state index >= 15 is 0 Å². The van der Waals surface area contributed by atoms with E-state index in [1.807, 2.05) is 11.8 Å². The molecular formula is C13H26N2O2. The molecule has 17 heavy (non-hydrogen) atoms. The third kappa shape index (κ3) is 5.50. The van der Waals surface area contributed by atoms with Gasteiger partial charge < -0.3 is 15.0 Å². The summed E-state index contributed by atoms with van der Waals surface area (Å²) in [6, 6.07) is 0.445. The highest BCUT2D eigenvalue weighted by molar-refractivity contribution is 5.76. The molecule has 1 unspecified atom stereocenters. The molecule has 0 aliphatic carbocycles. The average molecular weight is 242 g/mol. The number of ether oxygens (including phenoxy) is 1. The van der Waals surface area contributed by atoms with Crippen LogP contribution >= 0.6 is 0 Å². The maximum absolute atomic E-state index is 12.0. The van der Waals surface area contributed by atoms with Gasteiger partial charge in [0.05, 0.1) is 6.10 Å². The number of carbonyl (C=O) groups is 1. The average Bonchev–Trinajstić information content (AvgIpc) is 2.29. The molecule has 4 nitrogen and oxygen atoms in total. The standard InChI is InChI=1S/C13H26N2O2/c1-4-17-12-6-5-9-15(10-12)13(16)7-8-14-11(2)3/h11-12,14H,4-10H2,1-3H3. The van der Waals surface area contributed by atoms with E-state index in [1.165, 1.54) is 0 Å². The zero-order valence-electron chi connectivity index (χ0n) is 11.4. The summed E-state index contributed by atoms with van der Waals surface area (Å²) in [4.78, 5) is 13.9. The van der Waals surface area contributed by atoms with Crippen LogP contribution in [0.1, 0.15) is 40.0 Å². The van der Waals surface area contributed by atoms with Crippen LogP contribution in [0.25, 0.3) is 0 Å². The molecule has 0 aromatic heterocycles. The molecule has 0 bridgehead atoms. The number of nitrogens with zero attached hydrogens (tertiary/aromatic N) is 1. The van der Waals surface area contributed by atoms with Gasteiger partial charge in [0.15, 0.2) is 0 Å². The molecule has 1 aliphatic heterocycles. The van der Waals surface area contributed by atoms with Crippen LogP contribution in [-0.4, -0.2) is 49.2 Å². The Labute approximate surface area is 105 Å². The van der Waals surface area contributed by atoms with Crippen LogP contribution in [-0.2, 0) is 9.53 Å². The maximum atomic E-state index is 12.0. The molecule has 0 aromatic carbocycles. The number of nitrogens with one attached hydrogen (secondary N) is 1. The molecule has 1 saturated heterocycles. The number of hydrogen-bond acceptors (Lipinski definition) is 3. The first-order valence-electron chi connectivity index (χ1n) is 6.76. The highest BCUT2D eigenvalue weighted by Crippen LogP contribution is 2.13. The van der Waals surface area contributed by atoms with Crippen LogP contribution in [0.4, 0.5) is 0 Å². The van der Waals surface area contributed by atoms with Gasteiger partial charge in [-0.25, -0.2) is 0 Å². The molecule has 0 spiro atoms. The van der Waals surface area contributed by atoms with Crippen LogP contribution in [0.5, 0.6) is 0 Å². The normalized spacial score (nSPS) is 20.9. The number of amides is 1. The molecule has 1 aliphatic rings. The van der Waals surface area contributed by atoms with Crippen LogP contribution in [0.15, 0.2) is 0 Å². The second-order valence-electron chi connectivity index (χ2n) is 4.92. The van der Waals surface area contributed by atoms with Crippen molar-refractivity contribution >= 4 is 5.91 Å². The fourth-order valence-electron chi connectivity index (χ4n) is 2.16. The van der Waals surface area contributed by atoms with Gasteiger partial charge in [-0.1, -0.05) is 13.8 Å². The van der Waals surface area contributed by atoms with Crippen molar-refractivity contribution in [2.24, 2.45) is 0 Å². The van der Waals surface area contributed by atoms with Gasteiger partial charge in [0.25, 0.3) is 0 Å². The quantitative estimate of drug-likeness (QED) is 0.765. The summed E-state index contributed by atoms with van der Waals surface area (Å²) in [6.07, 6.45) is 2.99. The molecule has 4 heteroatoms. The smallest absolute Gasteiger partial charge is 0.223 e. The summed E-state index contributed by atoms with van der Waals surface area (Å²) < 4.78 is 5.60. The maximum Gasteiger partial charge on any atom is 0.223 e. The number of likely N-dealkylation sites (tertiary alicyclic amines) is 1. The van der Waals surface area contributed by atoms with E-state index in [9.17, 15) is 4.79 Å². The van der Waals surface area contributed by atoms with Gasteiger partial charge in [0, 0.05) is 38.7 Å². The zero-order valence-corrected chi connectivity index (χ0v) is 11.4. The van der Waals surface area contributed by atoms with E-state index in [0.717, 1.165) is 39.1 Å². The number of piperidine rings is 1. The second kappa shape index (κ2) is 7.67. The molecule has 1 heterocycles. The summed E-state index contributed by atoms with van der Waals surface area (Å²) in [6.45, 7) is 9.37. The summed E-state index contributed by atoms with van der Waals surface area (Å²) in [7, 11) is 0. The third-order valence-corrected chi connectivity index (χ3v) is 3.02. The van der Waals surface area contributed by atoms with Gasteiger partial charge in [-0.2, -0.15) is 0 Å². The minimum absolute atomic E-state index is 0.246. The Bertz CT molecular complexity index is 229. The Hall–Kier alpha value is -0.610. The molecule has 1 atom stereocenters. The Balaban J connectivity index is 2.25. The van der Waals surface area contributed by atoms with Crippen molar-refractivity contribution in [1.29, 1.82) is 0 Å². The summed E-state index contributed by atoms with van der Waals surface area (Å²) >= 11 is 0. The number of rotatable bonds is 6. The van der Waals surface area contributed by atoms with Gasteiger partial charge >= 0.3 is 0 Å². The van der Waals surface area contributed by atoms with E-state index in [4.69, 9.17) is 4.74 Å². The lowest BCUT2D eigenvalue weighted by Gasteiger charge is -2.32. The fraction of sp³-hybridized carbons (Fsp3) is 0.923. The summed E-state index contributed by atoms with van der Waals surface area (Å²) in [5, 5.41) is 3.27. The second-order valence-corrected chi connectivity index (χ2v) is 4.92. The highest BCUT2D eigenvalue weighted by atomic mass is 16.5. The minimum atomic E-state index is 0.246. The predicted molar refractivity (Wildman–Crippen MR) is 69.0 cm³/mol. The Morgan fingerprint density at radius 1 is 1.53 bits per heavy atom. The Morgan fingerprint density at radius 2 is 2.29 bits per heavy atom. The molecule has 1 N–H and O–H groups in total. The van der Waals surface area contributed by atoms with E-state index in [1.54, 1.807) is 0 Å². The van der Waals surface area contributed by atoms with Gasteiger partial charge in [-0.05, 0) is 19.8 Å². The predicted octanol–water partition coefficient (Wildman–Crippen LogP) is 1.40. The number of hydrogen-bond donors (Lipinski definition) is 1. The first-order chi connectivity index (χ1) is 8.13. The molecule has 100 valence electrons. The monoisotopic (exact) mass is 242 g/mol. The van der Waals surface area contributed by atoms with Crippen molar-refractivity contribution in [3.63, 3.8) is 0 Å².